The van der Waals surface area contributed by atoms with Crippen LogP contribution in [0.2, 0.25) is 5.02 Å². The van der Waals surface area contributed by atoms with E-state index in [-0.39, 0.29) is 36.8 Å². The summed E-state index contributed by atoms with van der Waals surface area (Å²) in [6.45, 7) is 16.6. The first-order valence-electron chi connectivity index (χ1n) is 16.2. The number of aryl methyl sites for hydroxylation is 1. The van der Waals surface area contributed by atoms with Gasteiger partial charge in [0.15, 0.2) is 0 Å². The largest absolute Gasteiger partial charge is 0.394 e. The Labute approximate surface area is 282 Å². The number of halogens is 1. The van der Waals surface area contributed by atoms with E-state index in [0.29, 0.717) is 43.1 Å². The number of rotatable bonds is 13. The molecule has 3 amide bonds. The van der Waals surface area contributed by atoms with Gasteiger partial charge < -0.3 is 19.8 Å². The fourth-order valence-electron chi connectivity index (χ4n) is 8.15. The van der Waals surface area contributed by atoms with Crippen LogP contribution >= 0.6 is 23.4 Å². The number of likely N-dealkylation sites (tertiary alicyclic amines) is 1. The van der Waals surface area contributed by atoms with Gasteiger partial charge >= 0.3 is 0 Å². The fraction of sp³-hybridized carbons (Fsp3) is 0.486. The number of aliphatic hydroxyl groups excluding tert-OH is 1. The molecule has 9 heteroatoms. The van der Waals surface area contributed by atoms with Crippen molar-refractivity contribution in [2.45, 2.75) is 75.1 Å². The van der Waals surface area contributed by atoms with Crippen LogP contribution in [-0.4, -0.2) is 73.9 Å². The smallest absolute Gasteiger partial charge is 0.251 e. The number of thioether (sulfide) groups is 1. The summed E-state index contributed by atoms with van der Waals surface area (Å²) in [6, 6.07) is 13.9. The van der Waals surface area contributed by atoms with Gasteiger partial charge in [0, 0.05) is 24.4 Å². The molecule has 2 aromatic carbocycles. The average molecular weight is 664 g/mol. The molecule has 0 aliphatic carbocycles. The number of fused-ring (bicyclic) bond motifs is 1. The minimum atomic E-state index is -0.886. The lowest BCUT2D eigenvalue weighted by Crippen LogP contribution is -2.58. The molecule has 2 unspecified atom stereocenters. The van der Waals surface area contributed by atoms with E-state index in [1.165, 1.54) is 0 Å². The van der Waals surface area contributed by atoms with Crippen molar-refractivity contribution in [2.75, 3.05) is 24.6 Å². The van der Waals surface area contributed by atoms with E-state index in [1.54, 1.807) is 44.7 Å². The maximum absolute atomic E-state index is 15.1. The predicted octanol–water partition coefficient (Wildman–Crippen LogP) is 6.27. The third kappa shape index (κ3) is 5.82. The van der Waals surface area contributed by atoms with E-state index in [2.05, 4.69) is 20.1 Å². The number of para-hydroxylation sites is 1. The van der Waals surface area contributed by atoms with Crippen LogP contribution in [0.1, 0.15) is 51.2 Å². The lowest BCUT2D eigenvalue weighted by atomic mass is 9.66. The minimum absolute atomic E-state index is 0.0963. The molecule has 1 N–H and O–H groups in total. The third-order valence-corrected chi connectivity index (χ3v) is 12.3. The number of benzene rings is 2. The molecule has 5 rings (SSSR count). The molecule has 6 atom stereocenters. The highest BCUT2D eigenvalue weighted by molar-refractivity contribution is 8.02. The zero-order valence-electron chi connectivity index (χ0n) is 27.3. The summed E-state index contributed by atoms with van der Waals surface area (Å²) in [7, 11) is 0. The molecule has 3 aliphatic heterocycles. The lowest BCUT2D eigenvalue weighted by Gasteiger charge is -2.40. The highest BCUT2D eigenvalue weighted by atomic mass is 35.5. The van der Waals surface area contributed by atoms with E-state index in [4.69, 9.17) is 11.6 Å². The van der Waals surface area contributed by atoms with Crippen LogP contribution in [0.25, 0.3) is 0 Å². The molecule has 0 aromatic heterocycles. The molecule has 2 aromatic rings. The number of carbonyl (C=O) groups excluding carboxylic acids is 3. The van der Waals surface area contributed by atoms with E-state index in [1.807, 2.05) is 63.2 Å². The lowest BCUT2D eigenvalue weighted by molar-refractivity contribution is -0.147. The molecule has 3 aliphatic rings. The van der Waals surface area contributed by atoms with Gasteiger partial charge in [-0.15, -0.1) is 24.9 Å². The number of hydrogen-bond donors (Lipinski definition) is 1. The SMILES string of the molecule is C=CCN(Cc1ccccc1)C(=O)[C@H]1[C@H]2C(=O)N([C@@H](CO)CC(C)C)C(C(=O)N(CC=C)c3c(C)cccc3Cl)C23CC[C@]1(C)S3. The fourth-order valence-corrected chi connectivity index (χ4v) is 10.8. The van der Waals surface area contributed by atoms with Crippen molar-refractivity contribution in [3.63, 3.8) is 0 Å². The predicted molar refractivity (Wildman–Crippen MR) is 187 cm³/mol. The average Bonchev–Trinajstić information content (AvgIpc) is 3.59. The summed E-state index contributed by atoms with van der Waals surface area (Å²) in [4.78, 5) is 49.8. The summed E-state index contributed by atoms with van der Waals surface area (Å²) in [5.41, 5.74) is 2.41. The summed E-state index contributed by atoms with van der Waals surface area (Å²) in [5.74, 6) is -1.75. The molecule has 7 nitrogen and oxygen atoms in total. The molecule has 0 saturated carbocycles. The summed E-state index contributed by atoms with van der Waals surface area (Å²) < 4.78 is -1.37. The Kier molecular flexibility index (Phi) is 10.1. The maximum atomic E-state index is 15.1. The zero-order valence-corrected chi connectivity index (χ0v) is 28.9. The Morgan fingerprint density at radius 3 is 2.39 bits per heavy atom. The van der Waals surface area contributed by atoms with E-state index in [0.717, 1.165) is 11.1 Å². The number of hydrogen-bond acceptors (Lipinski definition) is 5. The van der Waals surface area contributed by atoms with E-state index >= 15 is 4.79 Å². The molecular weight excluding hydrogens is 618 g/mol. The van der Waals surface area contributed by atoms with Gasteiger partial charge in [0.1, 0.15) is 6.04 Å². The molecule has 246 valence electrons. The Morgan fingerprint density at radius 2 is 1.78 bits per heavy atom. The Hall–Kier alpha value is -3.07. The van der Waals surface area contributed by atoms with Gasteiger partial charge in [0.05, 0.1) is 39.9 Å². The molecule has 2 bridgehead atoms. The van der Waals surface area contributed by atoms with Crippen molar-refractivity contribution in [1.29, 1.82) is 0 Å². The van der Waals surface area contributed by atoms with Crippen LogP contribution in [0, 0.1) is 24.7 Å². The summed E-state index contributed by atoms with van der Waals surface area (Å²) in [5, 5.41) is 11.2. The number of aliphatic hydroxyl groups is 1. The third-order valence-electron chi connectivity index (χ3n) is 9.98. The number of carbonyl (C=O) groups is 3. The van der Waals surface area contributed by atoms with Crippen LogP contribution in [0.3, 0.4) is 0 Å². The molecule has 3 fully saturated rings. The number of amides is 3. The van der Waals surface area contributed by atoms with Gasteiger partial charge in [-0.2, -0.15) is 0 Å². The van der Waals surface area contributed by atoms with Gasteiger partial charge in [0.25, 0.3) is 5.91 Å². The first kappa shape index (κ1) is 34.3. The van der Waals surface area contributed by atoms with Crippen molar-refractivity contribution in [3.05, 3.63) is 90.0 Å². The van der Waals surface area contributed by atoms with Crippen molar-refractivity contribution in [1.82, 2.24) is 9.80 Å². The normalized spacial score (nSPS) is 27.1. The Bertz CT molecular complexity index is 1480. The number of nitrogens with zero attached hydrogens (tertiary/aromatic N) is 3. The maximum Gasteiger partial charge on any atom is 0.251 e. The first-order chi connectivity index (χ1) is 21.9. The van der Waals surface area contributed by atoms with Crippen molar-refractivity contribution >= 4 is 46.8 Å². The molecule has 3 heterocycles. The van der Waals surface area contributed by atoms with Crippen molar-refractivity contribution < 1.29 is 19.5 Å². The Balaban J connectivity index is 1.63. The van der Waals surface area contributed by atoms with Crippen LogP contribution in [-0.2, 0) is 20.9 Å². The highest BCUT2D eigenvalue weighted by Crippen LogP contribution is 2.72. The van der Waals surface area contributed by atoms with Crippen LogP contribution in [0.5, 0.6) is 0 Å². The van der Waals surface area contributed by atoms with Crippen molar-refractivity contribution in [2.24, 2.45) is 17.8 Å². The first-order valence-corrected chi connectivity index (χ1v) is 17.4. The second kappa shape index (κ2) is 13.6. The van der Waals surface area contributed by atoms with Gasteiger partial charge in [0.2, 0.25) is 11.8 Å². The zero-order chi connectivity index (χ0) is 33.4. The minimum Gasteiger partial charge on any atom is -0.394 e. The van der Waals surface area contributed by atoms with Crippen LogP contribution in [0.15, 0.2) is 73.8 Å². The van der Waals surface area contributed by atoms with Gasteiger partial charge in [-0.05, 0) is 56.2 Å². The van der Waals surface area contributed by atoms with Gasteiger partial charge in [-0.25, -0.2) is 0 Å². The summed E-state index contributed by atoms with van der Waals surface area (Å²) >= 11 is 8.36. The molecule has 0 radical (unpaired) electrons. The molecular formula is C37H46ClN3O4S. The topological polar surface area (TPSA) is 81.2 Å². The van der Waals surface area contributed by atoms with E-state index < -0.39 is 33.4 Å². The molecule has 1 spiro atoms. The van der Waals surface area contributed by atoms with E-state index in [9.17, 15) is 14.7 Å². The van der Waals surface area contributed by atoms with Gasteiger partial charge in [-0.1, -0.05) is 80.1 Å². The second-order valence-corrected chi connectivity index (χ2v) is 15.9. The standard InChI is InChI=1S/C37H46ClN3O4S/c1-7-19-39(22-26-14-10-9-11-15-26)33(43)29-30-34(44)41(27(23-42)21-24(3)4)32(37(30)18-17-36(29,6)46-37)35(45)40(20-8-2)31-25(5)13-12-16-28(31)38/h7-16,24,27,29-30,32,42H,1-2,17-23H2,3-6H3/t27-,29-,30+,32?,36+,37?/m1/s1. The van der Waals surface area contributed by atoms with Gasteiger partial charge in [-0.3, -0.25) is 14.4 Å². The number of anilines is 1. The molecule has 46 heavy (non-hydrogen) atoms. The quantitative estimate of drug-likeness (QED) is 0.256. The highest BCUT2D eigenvalue weighted by Gasteiger charge is 2.78. The monoisotopic (exact) mass is 663 g/mol. The Morgan fingerprint density at radius 1 is 1.09 bits per heavy atom. The summed E-state index contributed by atoms with van der Waals surface area (Å²) in [6.07, 6.45) is 5.22. The van der Waals surface area contributed by atoms with Crippen molar-refractivity contribution in [3.8, 4) is 0 Å². The van der Waals surface area contributed by atoms with Crippen LogP contribution < -0.4 is 4.90 Å². The van der Waals surface area contributed by atoms with Crippen LogP contribution in [0.4, 0.5) is 5.69 Å². The molecule has 3 saturated heterocycles. The second-order valence-electron chi connectivity index (χ2n) is 13.6.